The van der Waals surface area contributed by atoms with Crippen molar-refractivity contribution in [3.05, 3.63) is 62.8 Å². The maximum absolute atomic E-state index is 12.6. The first-order valence-electron chi connectivity index (χ1n) is 8.87. The molecule has 1 aromatic carbocycles. The molecule has 0 bridgehead atoms. The molecule has 1 amide bonds. The van der Waals surface area contributed by atoms with Crippen LogP contribution in [0, 0.1) is 6.92 Å². The van der Waals surface area contributed by atoms with Crippen LogP contribution in [-0.2, 0) is 11.3 Å². The van der Waals surface area contributed by atoms with Gasteiger partial charge in [-0.3, -0.25) is 14.2 Å². The number of aromatic nitrogens is 2. The van der Waals surface area contributed by atoms with Gasteiger partial charge in [0.25, 0.3) is 5.56 Å². The first-order chi connectivity index (χ1) is 13.0. The van der Waals surface area contributed by atoms with Gasteiger partial charge in [0.05, 0.1) is 23.3 Å². The topological polar surface area (TPSA) is 67.2 Å². The van der Waals surface area contributed by atoms with Crippen LogP contribution in [0.5, 0.6) is 0 Å². The van der Waals surface area contributed by atoms with Gasteiger partial charge < -0.3 is 10.2 Å². The molecule has 2 heterocycles. The molecular formula is C20H24N4O2S. The van der Waals surface area contributed by atoms with Crippen LogP contribution in [0.15, 0.2) is 46.1 Å². The predicted molar refractivity (Wildman–Crippen MR) is 109 cm³/mol. The minimum absolute atomic E-state index is 0.0756. The molecule has 2 aromatic heterocycles. The fourth-order valence-corrected chi connectivity index (χ4v) is 3.79. The van der Waals surface area contributed by atoms with Gasteiger partial charge in [-0.2, -0.15) is 11.3 Å². The van der Waals surface area contributed by atoms with Crippen LogP contribution in [0.25, 0.3) is 10.9 Å². The summed E-state index contributed by atoms with van der Waals surface area (Å²) >= 11 is 1.65. The van der Waals surface area contributed by atoms with E-state index in [1.165, 1.54) is 16.5 Å². The molecular weight excluding hydrogens is 360 g/mol. The summed E-state index contributed by atoms with van der Waals surface area (Å²) < 4.78 is 1.50. The van der Waals surface area contributed by atoms with Gasteiger partial charge in [-0.1, -0.05) is 12.1 Å². The molecule has 1 unspecified atom stereocenters. The van der Waals surface area contributed by atoms with Crippen LogP contribution < -0.4 is 10.9 Å². The standard InChI is InChI=1S/C20H24N4O2S/c1-14-5-4-6-16-19(14)22-13-24(20(16)26)9-7-18(25)21-11-17(23(2)3)15-8-10-27-12-15/h4-6,8,10,12-13,17H,7,9,11H2,1-3H3,(H,21,25). The number of thiophene rings is 1. The summed E-state index contributed by atoms with van der Waals surface area (Å²) in [4.78, 5) is 31.3. The summed E-state index contributed by atoms with van der Waals surface area (Å²) in [5.74, 6) is -0.0756. The van der Waals surface area contributed by atoms with Crippen molar-refractivity contribution in [2.24, 2.45) is 0 Å². The second-order valence-electron chi connectivity index (χ2n) is 6.80. The Bertz CT molecular complexity index is 979. The average molecular weight is 385 g/mol. The molecule has 0 aliphatic rings. The Hall–Kier alpha value is -2.51. The van der Waals surface area contributed by atoms with Crippen molar-refractivity contribution in [3.8, 4) is 0 Å². The number of rotatable bonds is 7. The number of aryl methyl sites for hydroxylation is 2. The van der Waals surface area contributed by atoms with Gasteiger partial charge in [0.2, 0.25) is 5.91 Å². The number of nitrogens with one attached hydrogen (secondary N) is 1. The van der Waals surface area contributed by atoms with Crippen molar-refractivity contribution in [2.75, 3.05) is 20.6 Å². The molecule has 0 aliphatic heterocycles. The van der Waals surface area contributed by atoms with E-state index < -0.39 is 0 Å². The Morgan fingerprint density at radius 1 is 1.33 bits per heavy atom. The number of likely N-dealkylation sites (N-methyl/N-ethyl adjacent to an activating group) is 1. The molecule has 6 nitrogen and oxygen atoms in total. The second-order valence-corrected chi connectivity index (χ2v) is 7.58. The van der Waals surface area contributed by atoms with Gasteiger partial charge in [-0.15, -0.1) is 0 Å². The minimum Gasteiger partial charge on any atom is -0.354 e. The zero-order chi connectivity index (χ0) is 19.4. The number of nitrogens with zero attached hydrogens (tertiary/aromatic N) is 3. The van der Waals surface area contributed by atoms with Crippen molar-refractivity contribution in [1.29, 1.82) is 0 Å². The first kappa shape index (κ1) is 19.3. The van der Waals surface area contributed by atoms with Gasteiger partial charge in [-0.05, 0) is 55.0 Å². The monoisotopic (exact) mass is 384 g/mol. The lowest BCUT2D eigenvalue weighted by molar-refractivity contribution is -0.121. The average Bonchev–Trinajstić information content (AvgIpc) is 3.16. The Balaban J connectivity index is 1.62. The molecule has 0 aliphatic carbocycles. The predicted octanol–water partition coefficient (Wildman–Crippen LogP) is 2.58. The molecule has 0 saturated carbocycles. The number of amides is 1. The Morgan fingerprint density at radius 3 is 2.85 bits per heavy atom. The van der Waals surface area contributed by atoms with E-state index in [0.717, 1.165) is 5.56 Å². The number of hydrogen-bond donors (Lipinski definition) is 1. The van der Waals surface area contributed by atoms with Crippen LogP contribution in [0.4, 0.5) is 0 Å². The molecule has 3 aromatic rings. The summed E-state index contributed by atoms with van der Waals surface area (Å²) in [6, 6.07) is 7.76. The van der Waals surface area contributed by atoms with E-state index in [2.05, 4.69) is 26.6 Å². The van der Waals surface area contributed by atoms with Crippen molar-refractivity contribution < 1.29 is 4.79 Å². The van der Waals surface area contributed by atoms with Crippen LogP contribution in [0.1, 0.15) is 23.6 Å². The van der Waals surface area contributed by atoms with Crippen molar-refractivity contribution in [1.82, 2.24) is 19.8 Å². The second kappa shape index (κ2) is 8.45. The lowest BCUT2D eigenvalue weighted by Crippen LogP contribution is -2.35. The zero-order valence-corrected chi connectivity index (χ0v) is 16.6. The zero-order valence-electron chi connectivity index (χ0n) is 15.8. The molecule has 1 N–H and O–H groups in total. The summed E-state index contributed by atoms with van der Waals surface area (Å²) in [5, 5.41) is 7.70. The number of fused-ring (bicyclic) bond motifs is 1. The normalized spacial score (nSPS) is 12.4. The molecule has 0 spiro atoms. The summed E-state index contributed by atoms with van der Waals surface area (Å²) in [7, 11) is 3.99. The third kappa shape index (κ3) is 4.43. The fourth-order valence-electron chi connectivity index (χ4n) is 3.08. The quantitative estimate of drug-likeness (QED) is 0.680. The highest BCUT2D eigenvalue weighted by Crippen LogP contribution is 2.20. The van der Waals surface area contributed by atoms with E-state index in [0.29, 0.717) is 24.0 Å². The van der Waals surface area contributed by atoms with Crippen LogP contribution in [-0.4, -0.2) is 41.0 Å². The van der Waals surface area contributed by atoms with Crippen molar-refractivity contribution >= 4 is 28.1 Å². The van der Waals surface area contributed by atoms with E-state index in [9.17, 15) is 9.59 Å². The lowest BCUT2D eigenvalue weighted by Gasteiger charge is -2.24. The number of benzene rings is 1. The number of para-hydroxylation sites is 1. The first-order valence-corrected chi connectivity index (χ1v) is 9.81. The highest BCUT2D eigenvalue weighted by atomic mass is 32.1. The van der Waals surface area contributed by atoms with Crippen molar-refractivity contribution in [2.45, 2.75) is 25.9 Å². The number of carbonyl (C=O) groups is 1. The summed E-state index contributed by atoms with van der Waals surface area (Å²) in [6.45, 7) is 2.78. The SMILES string of the molecule is Cc1cccc2c(=O)n(CCC(=O)NCC(c3ccsc3)N(C)C)cnc12. The molecule has 1 atom stereocenters. The van der Waals surface area contributed by atoms with Gasteiger partial charge in [0, 0.05) is 19.5 Å². The van der Waals surface area contributed by atoms with E-state index in [1.807, 2.05) is 38.5 Å². The molecule has 142 valence electrons. The largest absolute Gasteiger partial charge is 0.354 e. The van der Waals surface area contributed by atoms with Gasteiger partial charge in [0.1, 0.15) is 0 Å². The highest BCUT2D eigenvalue weighted by Gasteiger charge is 2.16. The molecule has 0 radical (unpaired) electrons. The van der Waals surface area contributed by atoms with E-state index in [4.69, 9.17) is 0 Å². The number of hydrogen-bond acceptors (Lipinski definition) is 5. The third-order valence-electron chi connectivity index (χ3n) is 4.68. The Morgan fingerprint density at radius 2 is 2.15 bits per heavy atom. The molecule has 7 heteroatoms. The Kier molecular flexibility index (Phi) is 6.03. The van der Waals surface area contributed by atoms with E-state index in [1.54, 1.807) is 17.4 Å². The smallest absolute Gasteiger partial charge is 0.261 e. The fraction of sp³-hybridized carbons (Fsp3) is 0.350. The molecule has 3 rings (SSSR count). The number of carbonyl (C=O) groups excluding carboxylic acids is 1. The van der Waals surface area contributed by atoms with Gasteiger partial charge in [0.15, 0.2) is 0 Å². The van der Waals surface area contributed by atoms with E-state index in [-0.39, 0.29) is 23.9 Å². The van der Waals surface area contributed by atoms with E-state index >= 15 is 0 Å². The highest BCUT2D eigenvalue weighted by molar-refractivity contribution is 7.07. The maximum atomic E-state index is 12.6. The van der Waals surface area contributed by atoms with Crippen LogP contribution in [0.3, 0.4) is 0 Å². The van der Waals surface area contributed by atoms with Crippen LogP contribution in [0.2, 0.25) is 0 Å². The Labute approximate surface area is 162 Å². The molecule has 27 heavy (non-hydrogen) atoms. The third-order valence-corrected chi connectivity index (χ3v) is 5.38. The van der Waals surface area contributed by atoms with Gasteiger partial charge in [-0.25, -0.2) is 4.98 Å². The maximum Gasteiger partial charge on any atom is 0.261 e. The van der Waals surface area contributed by atoms with Crippen LogP contribution >= 0.6 is 11.3 Å². The van der Waals surface area contributed by atoms with Gasteiger partial charge >= 0.3 is 0 Å². The molecule has 0 saturated heterocycles. The molecule has 0 fully saturated rings. The lowest BCUT2D eigenvalue weighted by atomic mass is 10.1. The minimum atomic E-state index is -0.110. The van der Waals surface area contributed by atoms with Crippen molar-refractivity contribution in [3.63, 3.8) is 0 Å². The summed E-state index contributed by atoms with van der Waals surface area (Å²) in [5.41, 5.74) is 2.77. The summed E-state index contributed by atoms with van der Waals surface area (Å²) in [6.07, 6.45) is 1.77.